The van der Waals surface area contributed by atoms with Crippen LogP contribution in [-0.4, -0.2) is 13.0 Å². The van der Waals surface area contributed by atoms with Gasteiger partial charge >= 0.3 is 5.63 Å². The number of ether oxygens (including phenoxy) is 1. The van der Waals surface area contributed by atoms with Crippen LogP contribution in [0.25, 0.3) is 11.0 Å². The predicted molar refractivity (Wildman–Crippen MR) is 103 cm³/mol. The summed E-state index contributed by atoms with van der Waals surface area (Å²) in [6.45, 7) is 2.00. The minimum Gasteiger partial charge on any atom is -0.493 e. The Labute approximate surface area is 156 Å². The number of para-hydroxylation sites is 2. The molecule has 0 radical (unpaired) electrons. The molecule has 0 spiro atoms. The highest BCUT2D eigenvalue weighted by atomic mass is 16.5. The highest BCUT2D eigenvalue weighted by Gasteiger charge is 2.41. The van der Waals surface area contributed by atoms with Crippen LogP contribution < -0.4 is 21.0 Å². The summed E-state index contributed by atoms with van der Waals surface area (Å²) in [6.07, 6.45) is 1.29. The molecule has 1 atom stereocenters. The van der Waals surface area contributed by atoms with Crippen LogP contribution in [0.3, 0.4) is 0 Å². The number of anilines is 1. The molecular formula is C21H20N2O4. The fraction of sp³-hybridized carbons (Fsp3) is 0.238. The summed E-state index contributed by atoms with van der Waals surface area (Å²) in [5.74, 6) is 0.273. The maximum Gasteiger partial charge on any atom is 0.343 e. The average molecular weight is 364 g/mol. The third kappa shape index (κ3) is 2.73. The van der Waals surface area contributed by atoms with Crippen molar-refractivity contribution in [3.05, 3.63) is 70.1 Å². The predicted octanol–water partition coefficient (Wildman–Crippen LogP) is 3.61. The zero-order valence-electron chi connectivity index (χ0n) is 15.2. The van der Waals surface area contributed by atoms with Crippen LogP contribution in [0.2, 0.25) is 0 Å². The lowest BCUT2D eigenvalue weighted by Gasteiger charge is -2.40. The number of benzene rings is 2. The van der Waals surface area contributed by atoms with E-state index in [4.69, 9.17) is 9.15 Å². The van der Waals surface area contributed by atoms with Crippen molar-refractivity contribution in [1.29, 1.82) is 0 Å². The Morgan fingerprint density at radius 1 is 1.07 bits per heavy atom. The maximum absolute atomic E-state index is 12.9. The summed E-state index contributed by atoms with van der Waals surface area (Å²) in [4.78, 5) is 25.6. The van der Waals surface area contributed by atoms with Gasteiger partial charge in [-0.05, 0) is 30.7 Å². The normalized spacial score (nSPS) is 18.5. The number of hydrogen-bond acceptors (Lipinski definition) is 5. The van der Waals surface area contributed by atoms with Crippen molar-refractivity contribution >= 4 is 22.6 Å². The van der Waals surface area contributed by atoms with Crippen molar-refractivity contribution in [2.75, 3.05) is 12.4 Å². The Morgan fingerprint density at radius 2 is 1.89 bits per heavy atom. The fourth-order valence-corrected chi connectivity index (χ4v) is 3.66. The van der Waals surface area contributed by atoms with Crippen molar-refractivity contribution in [3.8, 4) is 5.75 Å². The van der Waals surface area contributed by atoms with Gasteiger partial charge in [0.25, 0.3) is 5.91 Å². The van der Waals surface area contributed by atoms with Gasteiger partial charge in [-0.25, -0.2) is 4.79 Å². The van der Waals surface area contributed by atoms with Gasteiger partial charge in [0.1, 0.15) is 5.66 Å². The van der Waals surface area contributed by atoms with Crippen LogP contribution in [0.15, 0.2) is 57.7 Å². The molecule has 1 unspecified atom stereocenters. The SMILES string of the molecule is CCCC1(c2cc3cccc(OC)c3oc2=O)NC(=O)c2ccccc2N1. The molecule has 0 fully saturated rings. The summed E-state index contributed by atoms with van der Waals surface area (Å²) in [5, 5.41) is 7.10. The first-order valence-electron chi connectivity index (χ1n) is 8.89. The summed E-state index contributed by atoms with van der Waals surface area (Å²) < 4.78 is 10.9. The lowest BCUT2D eigenvalue weighted by molar-refractivity contribution is 0.0891. The van der Waals surface area contributed by atoms with Gasteiger partial charge in [0.2, 0.25) is 0 Å². The van der Waals surface area contributed by atoms with Gasteiger partial charge in [-0.1, -0.05) is 37.6 Å². The quantitative estimate of drug-likeness (QED) is 0.691. The number of rotatable bonds is 4. The van der Waals surface area contributed by atoms with Gasteiger partial charge in [0, 0.05) is 11.1 Å². The molecule has 2 N–H and O–H groups in total. The number of amides is 1. The second-order valence-electron chi connectivity index (χ2n) is 6.61. The molecule has 138 valence electrons. The third-order valence-electron chi connectivity index (χ3n) is 4.88. The lowest BCUT2D eigenvalue weighted by Crippen LogP contribution is -2.56. The van der Waals surface area contributed by atoms with Crippen molar-refractivity contribution in [3.63, 3.8) is 0 Å². The second kappa shape index (κ2) is 6.46. The standard InChI is InChI=1S/C21H20N2O4/c1-3-11-21(22-16-9-5-4-8-14(16)19(24)23-21)15-12-13-7-6-10-17(26-2)18(13)27-20(15)25/h4-10,12,22H,3,11H2,1-2H3,(H,23,24). The van der Waals surface area contributed by atoms with Crippen LogP contribution in [0.4, 0.5) is 5.69 Å². The van der Waals surface area contributed by atoms with Crippen molar-refractivity contribution in [2.24, 2.45) is 0 Å². The van der Waals surface area contributed by atoms with Crippen LogP contribution in [-0.2, 0) is 5.66 Å². The van der Waals surface area contributed by atoms with Crippen LogP contribution >= 0.6 is 0 Å². The van der Waals surface area contributed by atoms with E-state index in [1.807, 2.05) is 37.3 Å². The highest BCUT2D eigenvalue weighted by Crippen LogP contribution is 2.35. The first-order valence-corrected chi connectivity index (χ1v) is 8.89. The largest absolute Gasteiger partial charge is 0.493 e. The Morgan fingerprint density at radius 3 is 2.67 bits per heavy atom. The van der Waals surface area contributed by atoms with Crippen molar-refractivity contribution in [2.45, 2.75) is 25.4 Å². The van der Waals surface area contributed by atoms with Gasteiger partial charge in [0.05, 0.1) is 18.2 Å². The highest BCUT2D eigenvalue weighted by molar-refractivity contribution is 6.02. The number of hydrogen-bond donors (Lipinski definition) is 2. The molecule has 27 heavy (non-hydrogen) atoms. The van der Waals surface area contributed by atoms with Gasteiger partial charge in [0.15, 0.2) is 11.3 Å². The molecule has 2 heterocycles. The Kier molecular flexibility index (Phi) is 4.11. The van der Waals surface area contributed by atoms with E-state index in [1.165, 1.54) is 7.11 Å². The minimum absolute atomic E-state index is 0.220. The molecular weight excluding hydrogens is 344 g/mol. The monoisotopic (exact) mass is 364 g/mol. The van der Waals surface area contributed by atoms with E-state index in [2.05, 4.69) is 10.6 Å². The summed E-state index contributed by atoms with van der Waals surface area (Å²) >= 11 is 0. The molecule has 4 rings (SSSR count). The van der Waals surface area contributed by atoms with Gasteiger partial charge in [-0.2, -0.15) is 0 Å². The summed E-state index contributed by atoms with van der Waals surface area (Å²) in [6, 6.07) is 14.4. The second-order valence-corrected chi connectivity index (χ2v) is 6.61. The third-order valence-corrected chi connectivity index (χ3v) is 4.88. The summed E-state index contributed by atoms with van der Waals surface area (Å²) in [7, 11) is 1.53. The topological polar surface area (TPSA) is 80.6 Å². The fourth-order valence-electron chi connectivity index (χ4n) is 3.66. The molecule has 1 aromatic heterocycles. The van der Waals surface area contributed by atoms with Gasteiger partial charge in [-0.3, -0.25) is 4.79 Å². The number of carbonyl (C=O) groups is 1. The Bertz CT molecular complexity index is 1090. The minimum atomic E-state index is -1.03. The van der Waals surface area contributed by atoms with E-state index < -0.39 is 11.3 Å². The molecule has 2 aromatic carbocycles. The Balaban J connectivity index is 1.92. The van der Waals surface area contributed by atoms with Crippen LogP contribution in [0.5, 0.6) is 5.75 Å². The van der Waals surface area contributed by atoms with E-state index in [9.17, 15) is 9.59 Å². The molecule has 0 bridgehead atoms. The first kappa shape index (κ1) is 17.1. The van der Waals surface area contributed by atoms with Crippen molar-refractivity contribution < 1.29 is 13.9 Å². The molecule has 1 amide bonds. The number of nitrogens with one attached hydrogen (secondary N) is 2. The summed E-state index contributed by atoms with van der Waals surface area (Å²) in [5.41, 5.74) is 0.470. The van der Waals surface area contributed by atoms with E-state index in [0.717, 1.165) is 11.8 Å². The van der Waals surface area contributed by atoms with E-state index in [1.54, 1.807) is 18.2 Å². The number of methoxy groups -OCH3 is 1. The van der Waals surface area contributed by atoms with Crippen LogP contribution in [0, 0.1) is 0 Å². The number of carbonyl (C=O) groups excluding carboxylic acids is 1. The molecule has 0 saturated carbocycles. The Hall–Kier alpha value is -3.28. The first-order chi connectivity index (χ1) is 13.1. The molecule has 0 saturated heterocycles. The van der Waals surface area contributed by atoms with Crippen LogP contribution in [0.1, 0.15) is 35.7 Å². The molecule has 6 nitrogen and oxygen atoms in total. The lowest BCUT2D eigenvalue weighted by atomic mass is 9.91. The van der Waals surface area contributed by atoms with E-state index >= 15 is 0 Å². The van der Waals surface area contributed by atoms with Crippen molar-refractivity contribution in [1.82, 2.24) is 5.32 Å². The zero-order valence-corrected chi connectivity index (χ0v) is 15.2. The average Bonchev–Trinajstić information content (AvgIpc) is 2.67. The molecule has 6 heteroatoms. The van der Waals surface area contributed by atoms with Gasteiger partial charge in [-0.15, -0.1) is 0 Å². The molecule has 1 aliphatic heterocycles. The van der Waals surface area contributed by atoms with E-state index in [-0.39, 0.29) is 5.91 Å². The number of fused-ring (bicyclic) bond motifs is 2. The molecule has 3 aromatic rings. The smallest absolute Gasteiger partial charge is 0.343 e. The molecule has 1 aliphatic rings. The zero-order chi connectivity index (χ0) is 19.0. The van der Waals surface area contributed by atoms with Gasteiger partial charge < -0.3 is 19.8 Å². The molecule has 0 aliphatic carbocycles. The maximum atomic E-state index is 12.9. The van der Waals surface area contributed by atoms with E-state index in [0.29, 0.717) is 34.6 Å².